The number of hydrogen-bond donors (Lipinski definition) is 1. The first-order valence-corrected chi connectivity index (χ1v) is 8.97. The fourth-order valence-electron chi connectivity index (χ4n) is 2.62. The lowest BCUT2D eigenvalue weighted by molar-refractivity contribution is -0.131. The SMILES string of the molecule is C[C@@H]1CNCCN1C(=O)CSCc1coc(-c2ccccc2)n1.Cl. The van der Waals surface area contributed by atoms with Crippen molar-refractivity contribution in [2.45, 2.75) is 18.7 Å². The van der Waals surface area contributed by atoms with Crippen molar-refractivity contribution in [3.05, 3.63) is 42.3 Å². The van der Waals surface area contributed by atoms with Crippen molar-refractivity contribution in [3.63, 3.8) is 0 Å². The predicted molar refractivity (Wildman–Crippen MR) is 99.4 cm³/mol. The van der Waals surface area contributed by atoms with Gasteiger partial charge in [-0.3, -0.25) is 4.79 Å². The first kappa shape index (κ1) is 18.8. The van der Waals surface area contributed by atoms with Crippen molar-refractivity contribution >= 4 is 30.1 Å². The number of oxazole rings is 1. The van der Waals surface area contributed by atoms with Crippen LogP contribution in [-0.4, -0.2) is 47.2 Å². The molecule has 1 N–H and O–H groups in total. The van der Waals surface area contributed by atoms with Crippen molar-refractivity contribution in [2.75, 3.05) is 25.4 Å². The van der Waals surface area contributed by atoms with E-state index in [0.29, 0.717) is 17.4 Å². The molecule has 1 saturated heterocycles. The molecule has 0 unspecified atom stereocenters. The molecule has 2 aromatic rings. The van der Waals surface area contributed by atoms with Crippen LogP contribution in [0.5, 0.6) is 0 Å². The number of thioether (sulfide) groups is 1. The molecule has 0 spiro atoms. The van der Waals surface area contributed by atoms with Crippen LogP contribution < -0.4 is 5.32 Å². The number of halogens is 1. The Morgan fingerprint density at radius 3 is 2.96 bits per heavy atom. The van der Waals surface area contributed by atoms with E-state index in [1.807, 2.05) is 35.2 Å². The summed E-state index contributed by atoms with van der Waals surface area (Å²) in [6.45, 7) is 4.63. The molecule has 1 aromatic carbocycles. The standard InChI is InChI=1S/C17H21N3O2S.ClH/c1-13-9-18-7-8-20(13)16(21)12-23-11-15-10-22-17(19-15)14-5-3-2-4-6-14;/h2-6,10,13,18H,7-9,11-12H2,1H3;1H/t13-;/m1./s1. The largest absolute Gasteiger partial charge is 0.444 e. The summed E-state index contributed by atoms with van der Waals surface area (Å²) in [4.78, 5) is 18.7. The Balaban J connectivity index is 0.00000208. The fourth-order valence-corrected chi connectivity index (χ4v) is 3.41. The van der Waals surface area contributed by atoms with Crippen LogP contribution in [0.3, 0.4) is 0 Å². The van der Waals surface area contributed by atoms with Gasteiger partial charge in [-0.15, -0.1) is 24.2 Å². The third-order valence-electron chi connectivity index (χ3n) is 3.87. The summed E-state index contributed by atoms with van der Waals surface area (Å²) in [6.07, 6.45) is 1.67. The van der Waals surface area contributed by atoms with Crippen LogP contribution in [0.1, 0.15) is 12.6 Å². The highest BCUT2D eigenvalue weighted by molar-refractivity contribution is 7.99. The summed E-state index contributed by atoms with van der Waals surface area (Å²) in [5, 5.41) is 3.30. The Bertz CT molecular complexity index is 650. The van der Waals surface area contributed by atoms with Crippen LogP contribution in [0.4, 0.5) is 0 Å². The number of aromatic nitrogens is 1. The van der Waals surface area contributed by atoms with Crippen molar-refractivity contribution in [1.82, 2.24) is 15.2 Å². The highest BCUT2D eigenvalue weighted by Crippen LogP contribution is 2.20. The zero-order chi connectivity index (χ0) is 16.1. The lowest BCUT2D eigenvalue weighted by atomic mass is 10.2. The number of rotatable bonds is 5. The average Bonchev–Trinajstić information content (AvgIpc) is 3.05. The van der Waals surface area contributed by atoms with Gasteiger partial charge in [-0.1, -0.05) is 18.2 Å². The second-order valence-corrected chi connectivity index (χ2v) is 6.63. The quantitative estimate of drug-likeness (QED) is 0.880. The average molecular weight is 368 g/mol. The van der Waals surface area contributed by atoms with Crippen molar-refractivity contribution in [3.8, 4) is 11.5 Å². The van der Waals surface area contributed by atoms with Crippen LogP contribution in [0, 0.1) is 0 Å². The molecule has 1 aromatic heterocycles. The van der Waals surface area contributed by atoms with Gasteiger partial charge in [0.15, 0.2) is 0 Å². The van der Waals surface area contributed by atoms with Crippen LogP contribution in [0.25, 0.3) is 11.5 Å². The number of nitrogens with one attached hydrogen (secondary N) is 1. The van der Waals surface area contributed by atoms with Crippen molar-refractivity contribution in [1.29, 1.82) is 0 Å². The Morgan fingerprint density at radius 2 is 2.21 bits per heavy atom. The van der Waals surface area contributed by atoms with Gasteiger partial charge in [0.2, 0.25) is 11.8 Å². The Morgan fingerprint density at radius 1 is 1.42 bits per heavy atom. The maximum absolute atomic E-state index is 12.3. The summed E-state index contributed by atoms with van der Waals surface area (Å²) in [5.41, 5.74) is 1.84. The van der Waals surface area contributed by atoms with Crippen molar-refractivity contribution < 1.29 is 9.21 Å². The molecule has 2 heterocycles. The smallest absolute Gasteiger partial charge is 0.232 e. The summed E-state index contributed by atoms with van der Waals surface area (Å²) >= 11 is 1.58. The highest BCUT2D eigenvalue weighted by atomic mass is 35.5. The maximum atomic E-state index is 12.3. The van der Waals surface area contributed by atoms with Gasteiger partial charge in [0.25, 0.3) is 0 Å². The number of piperazine rings is 1. The topological polar surface area (TPSA) is 58.4 Å². The zero-order valence-electron chi connectivity index (χ0n) is 13.6. The summed E-state index contributed by atoms with van der Waals surface area (Å²) in [5.74, 6) is 2.00. The normalized spacial score (nSPS) is 17.4. The number of hydrogen-bond acceptors (Lipinski definition) is 5. The third kappa shape index (κ3) is 4.75. The Labute approximate surface area is 152 Å². The van der Waals surface area contributed by atoms with Gasteiger partial charge in [-0.2, -0.15) is 0 Å². The number of nitrogens with zero attached hydrogens (tertiary/aromatic N) is 2. The minimum Gasteiger partial charge on any atom is -0.444 e. The molecule has 0 aliphatic carbocycles. The van der Waals surface area contributed by atoms with E-state index < -0.39 is 0 Å². The molecular formula is C17H22ClN3O2S. The monoisotopic (exact) mass is 367 g/mol. The van der Waals surface area contributed by atoms with Gasteiger partial charge < -0.3 is 14.6 Å². The van der Waals surface area contributed by atoms with Crippen LogP contribution in [-0.2, 0) is 10.5 Å². The fraction of sp³-hybridized carbons (Fsp3) is 0.412. The van der Waals surface area contributed by atoms with Crippen LogP contribution in [0.2, 0.25) is 0 Å². The maximum Gasteiger partial charge on any atom is 0.232 e. The lowest BCUT2D eigenvalue weighted by Gasteiger charge is -2.33. The summed E-state index contributed by atoms with van der Waals surface area (Å²) in [6, 6.07) is 10.1. The summed E-state index contributed by atoms with van der Waals surface area (Å²) in [7, 11) is 0. The highest BCUT2D eigenvalue weighted by Gasteiger charge is 2.22. The van der Waals surface area contributed by atoms with E-state index in [0.717, 1.165) is 30.9 Å². The number of carbonyl (C=O) groups excluding carboxylic acids is 1. The molecule has 5 nitrogen and oxygen atoms in total. The minimum absolute atomic E-state index is 0. The van der Waals surface area contributed by atoms with E-state index in [-0.39, 0.29) is 24.4 Å². The van der Waals surface area contributed by atoms with E-state index >= 15 is 0 Å². The molecule has 0 bridgehead atoms. The molecule has 0 saturated carbocycles. The Kier molecular flexibility index (Phi) is 7.15. The van der Waals surface area contributed by atoms with E-state index in [1.54, 1.807) is 18.0 Å². The van der Waals surface area contributed by atoms with Gasteiger partial charge in [0.05, 0.1) is 11.4 Å². The summed E-state index contributed by atoms with van der Waals surface area (Å²) < 4.78 is 5.51. The molecule has 7 heteroatoms. The molecule has 3 rings (SSSR count). The first-order chi connectivity index (χ1) is 11.2. The van der Waals surface area contributed by atoms with Gasteiger partial charge in [-0.25, -0.2) is 4.98 Å². The minimum atomic E-state index is 0. The molecule has 130 valence electrons. The second-order valence-electron chi connectivity index (χ2n) is 5.64. The van der Waals surface area contributed by atoms with Crippen LogP contribution >= 0.6 is 24.2 Å². The lowest BCUT2D eigenvalue weighted by Crippen LogP contribution is -2.52. The molecular weight excluding hydrogens is 346 g/mol. The Hall–Kier alpha value is -1.50. The number of benzene rings is 1. The van der Waals surface area contributed by atoms with Crippen molar-refractivity contribution in [2.24, 2.45) is 0 Å². The van der Waals surface area contributed by atoms with Crippen LogP contribution in [0.15, 0.2) is 41.0 Å². The second kappa shape index (κ2) is 9.11. The molecule has 24 heavy (non-hydrogen) atoms. The first-order valence-electron chi connectivity index (χ1n) is 7.82. The van der Waals surface area contributed by atoms with E-state index in [4.69, 9.17) is 4.42 Å². The molecule has 1 aliphatic rings. The number of carbonyl (C=O) groups is 1. The van der Waals surface area contributed by atoms with Gasteiger partial charge in [0, 0.05) is 37.0 Å². The number of amides is 1. The molecule has 1 atom stereocenters. The van der Waals surface area contributed by atoms with Gasteiger partial charge in [0.1, 0.15) is 6.26 Å². The molecule has 0 radical (unpaired) electrons. The molecule has 1 aliphatic heterocycles. The zero-order valence-corrected chi connectivity index (χ0v) is 15.2. The molecule has 1 fully saturated rings. The molecule has 1 amide bonds. The van der Waals surface area contributed by atoms with Gasteiger partial charge >= 0.3 is 0 Å². The van der Waals surface area contributed by atoms with E-state index in [9.17, 15) is 4.79 Å². The predicted octanol–water partition coefficient (Wildman–Crippen LogP) is 2.82. The van der Waals surface area contributed by atoms with E-state index in [1.165, 1.54) is 0 Å². The van der Waals surface area contributed by atoms with E-state index in [2.05, 4.69) is 17.2 Å². The van der Waals surface area contributed by atoms with Gasteiger partial charge in [-0.05, 0) is 19.1 Å². The third-order valence-corrected chi connectivity index (χ3v) is 4.82.